The first kappa shape index (κ1) is 3.87. The number of hydrogen-bond acceptors (Lipinski definition) is 2. The van der Waals surface area contributed by atoms with E-state index in [9.17, 15) is 0 Å². The Balaban J connectivity index is 1.95. The Morgan fingerprint density at radius 3 is 3.14 bits per heavy atom. The molecule has 0 aromatic carbocycles. The second-order valence-corrected chi connectivity index (χ2v) is 2.22. The monoisotopic (exact) mass is 99.1 g/mol. The number of morpholine rings is 1. The third-order valence-electron chi connectivity index (χ3n) is 1.66. The Labute approximate surface area is 43.1 Å². The number of hydrogen-bond donors (Lipinski definition) is 0. The van der Waals surface area contributed by atoms with Gasteiger partial charge in [-0.2, -0.15) is 0 Å². The van der Waals surface area contributed by atoms with Crippen LogP contribution in [-0.2, 0) is 4.74 Å². The SMILES string of the molecule is C1CN2CC2CO1. The molecule has 2 rings (SSSR count). The van der Waals surface area contributed by atoms with Gasteiger partial charge in [-0.3, -0.25) is 4.90 Å². The topological polar surface area (TPSA) is 12.2 Å². The van der Waals surface area contributed by atoms with Crippen molar-refractivity contribution in [1.29, 1.82) is 0 Å². The smallest absolute Gasteiger partial charge is 0.0634 e. The molecule has 2 nitrogen and oxygen atoms in total. The van der Waals surface area contributed by atoms with E-state index in [4.69, 9.17) is 4.74 Å². The molecule has 2 fully saturated rings. The summed E-state index contributed by atoms with van der Waals surface area (Å²) in [5.41, 5.74) is 0. The molecule has 0 radical (unpaired) electrons. The van der Waals surface area contributed by atoms with Gasteiger partial charge < -0.3 is 4.74 Å². The fourth-order valence-electron chi connectivity index (χ4n) is 1.06. The van der Waals surface area contributed by atoms with Crippen LogP contribution in [0.1, 0.15) is 0 Å². The molecule has 0 aromatic heterocycles. The van der Waals surface area contributed by atoms with Crippen LogP contribution in [0, 0.1) is 0 Å². The minimum absolute atomic E-state index is 0.814. The van der Waals surface area contributed by atoms with Crippen molar-refractivity contribution in [2.75, 3.05) is 26.3 Å². The minimum Gasteiger partial charge on any atom is -0.378 e. The Bertz CT molecular complexity index is 74.1. The van der Waals surface area contributed by atoms with Crippen LogP contribution in [0.5, 0.6) is 0 Å². The molecule has 7 heavy (non-hydrogen) atoms. The molecular weight excluding hydrogens is 90.1 g/mol. The molecule has 0 amide bonds. The zero-order valence-corrected chi connectivity index (χ0v) is 4.26. The van der Waals surface area contributed by atoms with E-state index in [2.05, 4.69) is 4.90 Å². The average molecular weight is 99.1 g/mol. The predicted octanol–water partition coefficient (Wildman–Crippen LogP) is -0.299. The summed E-state index contributed by atoms with van der Waals surface area (Å²) in [7, 11) is 0. The summed E-state index contributed by atoms with van der Waals surface area (Å²) in [6.07, 6.45) is 0. The third-order valence-corrected chi connectivity index (χ3v) is 1.66. The molecular formula is C5H9NO. The first-order valence-electron chi connectivity index (χ1n) is 2.78. The zero-order valence-electron chi connectivity index (χ0n) is 4.26. The molecule has 0 aromatic rings. The second-order valence-electron chi connectivity index (χ2n) is 2.22. The van der Waals surface area contributed by atoms with Gasteiger partial charge in [0.15, 0.2) is 0 Å². The largest absolute Gasteiger partial charge is 0.378 e. The van der Waals surface area contributed by atoms with Crippen LogP contribution in [0.15, 0.2) is 0 Å². The van der Waals surface area contributed by atoms with Crippen LogP contribution in [0.4, 0.5) is 0 Å². The summed E-state index contributed by atoms with van der Waals surface area (Å²) in [6, 6.07) is 0.814. The summed E-state index contributed by atoms with van der Waals surface area (Å²) in [6.45, 7) is 4.40. The van der Waals surface area contributed by atoms with E-state index < -0.39 is 0 Å². The maximum absolute atomic E-state index is 5.18. The van der Waals surface area contributed by atoms with Crippen LogP contribution in [0.25, 0.3) is 0 Å². The van der Waals surface area contributed by atoms with Crippen molar-refractivity contribution in [2.45, 2.75) is 6.04 Å². The van der Waals surface area contributed by atoms with Crippen molar-refractivity contribution in [3.05, 3.63) is 0 Å². The second kappa shape index (κ2) is 1.20. The van der Waals surface area contributed by atoms with Gasteiger partial charge in [0.05, 0.1) is 13.2 Å². The highest BCUT2D eigenvalue weighted by Gasteiger charge is 2.35. The van der Waals surface area contributed by atoms with Crippen LogP contribution >= 0.6 is 0 Å². The predicted molar refractivity (Wildman–Crippen MR) is 26.2 cm³/mol. The van der Waals surface area contributed by atoms with Crippen molar-refractivity contribution in [1.82, 2.24) is 4.90 Å². The quantitative estimate of drug-likeness (QED) is 0.386. The molecule has 2 heterocycles. The highest BCUT2D eigenvalue weighted by Crippen LogP contribution is 2.19. The Kier molecular flexibility index (Phi) is 0.664. The zero-order chi connectivity index (χ0) is 4.69. The van der Waals surface area contributed by atoms with Gasteiger partial charge >= 0.3 is 0 Å². The highest BCUT2D eigenvalue weighted by atomic mass is 16.5. The molecule has 0 aliphatic carbocycles. The van der Waals surface area contributed by atoms with Crippen LogP contribution in [0.3, 0.4) is 0 Å². The van der Waals surface area contributed by atoms with E-state index in [0.717, 1.165) is 19.3 Å². The van der Waals surface area contributed by atoms with Gasteiger partial charge in [0.25, 0.3) is 0 Å². The molecule has 2 heteroatoms. The molecule has 0 spiro atoms. The number of ether oxygens (including phenoxy) is 1. The summed E-state index contributed by atoms with van der Waals surface area (Å²) >= 11 is 0. The summed E-state index contributed by atoms with van der Waals surface area (Å²) in [4.78, 5) is 2.43. The minimum atomic E-state index is 0.814. The van der Waals surface area contributed by atoms with Gasteiger partial charge in [-0.25, -0.2) is 0 Å². The number of fused-ring (bicyclic) bond motifs is 1. The van der Waals surface area contributed by atoms with E-state index in [-0.39, 0.29) is 0 Å². The molecule has 40 valence electrons. The fourth-order valence-corrected chi connectivity index (χ4v) is 1.06. The molecule has 2 aliphatic rings. The third kappa shape index (κ3) is 0.545. The highest BCUT2D eigenvalue weighted by molar-refractivity contribution is 4.90. The van der Waals surface area contributed by atoms with Crippen LogP contribution < -0.4 is 0 Å². The van der Waals surface area contributed by atoms with Gasteiger partial charge in [0.1, 0.15) is 0 Å². The van der Waals surface area contributed by atoms with E-state index >= 15 is 0 Å². The normalized spacial score (nSPS) is 48.0. The Morgan fingerprint density at radius 1 is 1.57 bits per heavy atom. The maximum atomic E-state index is 5.18. The molecule has 2 saturated heterocycles. The molecule has 0 saturated carbocycles. The molecule has 0 bridgehead atoms. The summed E-state index contributed by atoms with van der Waals surface area (Å²) in [5, 5.41) is 0. The molecule has 0 N–H and O–H groups in total. The fraction of sp³-hybridized carbons (Fsp3) is 1.00. The van der Waals surface area contributed by atoms with E-state index in [0.29, 0.717) is 0 Å². The van der Waals surface area contributed by atoms with Crippen LogP contribution in [0.2, 0.25) is 0 Å². The van der Waals surface area contributed by atoms with E-state index in [1.165, 1.54) is 13.1 Å². The number of nitrogens with zero attached hydrogens (tertiary/aromatic N) is 1. The summed E-state index contributed by atoms with van der Waals surface area (Å²) < 4.78 is 5.18. The standard InChI is InChI=1S/C5H9NO/c1-2-7-4-5-3-6(1)5/h5H,1-4H2. The molecule has 2 atom stereocenters. The van der Waals surface area contributed by atoms with Crippen molar-refractivity contribution in [2.24, 2.45) is 0 Å². The number of rotatable bonds is 0. The van der Waals surface area contributed by atoms with E-state index in [1.807, 2.05) is 0 Å². The molecule has 2 unspecified atom stereocenters. The first-order chi connectivity index (χ1) is 3.47. The van der Waals surface area contributed by atoms with Crippen molar-refractivity contribution >= 4 is 0 Å². The van der Waals surface area contributed by atoms with Gasteiger partial charge in [0.2, 0.25) is 0 Å². The van der Waals surface area contributed by atoms with Gasteiger partial charge in [-0.05, 0) is 0 Å². The Morgan fingerprint density at radius 2 is 2.57 bits per heavy atom. The Hall–Kier alpha value is -0.0800. The summed E-state index contributed by atoms with van der Waals surface area (Å²) in [5.74, 6) is 0. The lowest BCUT2D eigenvalue weighted by molar-refractivity contribution is 0.0875. The van der Waals surface area contributed by atoms with Gasteiger partial charge in [-0.15, -0.1) is 0 Å². The van der Waals surface area contributed by atoms with E-state index in [1.54, 1.807) is 0 Å². The van der Waals surface area contributed by atoms with Crippen molar-refractivity contribution in [3.8, 4) is 0 Å². The van der Waals surface area contributed by atoms with Crippen molar-refractivity contribution in [3.63, 3.8) is 0 Å². The lowest BCUT2D eigenvalue weighted by Gasteiger charge is -2.09. The van der Waals surface area contributed by atoms with Gasteiger partial charge in [0, 0.05) is 19.1 Å². The maximum Gasteiger partial charge on any atom is 0.0634 e. The lowest BCUT2D eigenvalue weighted by atomic mass is 10.5. The molecule has 2 aliphatic heterocycles. The van der Waals surface area contributed by atoms with Crippen LogP contribution in [-0.4, -0.2) is 37.2 Å². The van der Waals surface area contributed by atoms with Gasteiger partial charge in [-0.1, -0.05) is 0 Å². The van der Waals surface area contributed by atoms with Crippen molar-refractivity contribution < 1.29 is 4.74 Å². The first-order valence-corrected chi connectivity index (χ1v) is 2.78. The average Bonchev–Trinajstić information content (AvgIpc) is 2.41. The lowest BCUT2D eigenvalue weighted by Crippen LogP contribution is -2.20.